The van der Waals surface area contributed by atoms with Crippen LogP contribution in [0.4, 0.5) is 14.5 Å². The summed E-state index contributed by atoms with van der Waals surface area (Å²) < 4.78 is 30.5. The van der Waals surface area contributed by atoms with Crippen LogP contribution in [0.3, 0.4) is 0 Å². The van der Waals surface area contributed by atoms with Gasteiger partial charge >= 0.3 is 0 Å². The van der Waals surface area contributed by atoms with Crippen LogP contribution in [0.2, 0.25) is 0 Å². The molecule has 1 heterocycles. The Kier molecular flexibility index (Phi) is 3.06. The number of hydrazine groups is 1. The predicted molar refractivity (Wildman–Crippen MR) is 61.1 cm³/mol. The molecule has 0 unspecified atom stereocenters. The van der Waals surface area contributed by atoms with E-state index in [0.717, 1.165) is 0 Å². The van der Waals surface area contributed by atoms with Gasteiger partial charge in [-0.15, -0.1) is 0 Å². The number of anilines is 1. The van der Waals surface area contributed by atoms with E-state index < -0.39 is 6.43 Å². The molecule has 0 aliphatic heterocycles. The maximum atomic E-state index is 12.7. The highest BCUT2D eigenvalue weighted by atomic mass is 19.3. The standard InChI is InChI=1S/C11H11F2N3O/c1-17-7-2-3-8-6(4-7)5-9(16-14)10(15-8)11(12)13/h2-5,11,16H,14H2,1H3. The van der Waals surface area contributed by atoms with E-state index in [4.69, 9.17) is 10.6 Å². The van der Waals surface area contributed by atoms with Gasteiger partial charge in [-0.1, -0.05) is 0 Å². The SMILES string of the molecule is COc1ccc2nc(C(F)F)c(NN)cc2c1. The van der Waals surface area contributed by atoms with E-state index in [-0.39, 0.29) is 11.4 Å². The number of hydrogen-bond acceptors (Lipinski definition) is 4. The van der Waals surface area contributed by atoms with Crippen molar-refractivity contribution in [3.05, 3.63) is 30.0 Å². The van der Waals surface area contributed by atoms with Crippen LogP contribution in [0.25, 0.3) is 10.9 Å². The minimum atomic E-state index is -2.67. The molecular weight excluding hydrogens is 228 g/mol. The van der Waals surface area contributed by atoms with Gasteiger partial charge < -0.3 is 10.2 Å². The fraction of sp³-hybridized carbons (Fsp3) is 0.182. The lowest BCUT2D eigenvalue weighted by Gasteiger charge is -2.09. The molecule has 1 aromatic heterocycles. The first kappa shape index (κ1) is 11.5. The third-order valence-corrected chi connectivity index (χ3v) is 2.41. The third-order valence-electron chi connectivity index (χ3n) is 2.41. The second-order valence-electron chi connectivity index (χ2n) is 3.42. The fourth-order valence-electron chi connectivity index (χ4n) is 1.58. The van der Waals surface area contributed by atoms with Crippen LogP contribution < -0.4 is 16.0 Å². The lowest BCUT2D eigenvalue weighted by molar-refractivity contribution is 0.147. The van der Waals surface area contributed by atoms with Crippen molar-refractivity contribution >= 4 is 16.6 Å². The quantitative estimate of drug-likeness (QED) is 0.638. The average Bonchev–Trinajstić information content (AvgIpc) is 2.36. The summed E-state index contributed by atoms with van der Waals surface area (Å²) in [6, 6.07) is 6.52. The van der Waals surface area contributed by atoms with Crippen molar-refractivity contribution in [1.82, 2.24) is 4.98 Å². The van der Waals surface area contributed by atoms with Gasteiger partial charge in [-0.25, -0.2) is 13.8 Å². The molecule has 0 saturated heterocycles. The van der Waals surface area contributed by atoms with Gasteiger partial charge in [0, 0.05) is 5.39 Å². The summed E-state index contributed by atoms with van der Waals surface area (Å²) in [7, 11) is 1.53. The van der Waals surface area contributed by atoms with E-state index in [1.54, 1.807) is 18.2 Å². The first-order chi connectivity index (χ1) is 8.15. The highest BCUT2D eigenvalue weighted by Crippen LogP contribution is 2.29. The highest BCUT2D eigenvalue weighted by molar-refractivity contribution is 5.84. The number of hydrogen-bond donors (Lipinski definition) is 2. The molecular formula is C11H11F2N3O. The number of benzene rings is 1. The molecule has 0 radical (unpaired) electrons. The molecule has 0 atom stereocenters. The first-order valence-electron chi connectivity index (χ1n) is 4.89. The number of nitrogens with zero attached hydrogens (tertiary/aromatic N) is 1. The van der Waals surface area contributed by atoms with Crippen molar-refractivity contribution in [3.8, 4) is 5.75 Å². The summed E-state index contributed by atoms with van der Waals surface area (Å²) in [5, 5.41) is 0.682. The van der Waals surface area contributed by atoms with Gasteiger partial charge in [-0.2, -0.15) is 0 Å². The van der Waals surface area contributed by atoms with Crippen LogP contribution in [-0.2, 0) is 0 Å². The molecule has 0 amide bonds. The van der Waals surface area contributed by atoms with Crippen LogP contribution >= 0.6 is 0 Å². The minimum absolute atomic E-state index is 0.112. The average molecular weight is 239 g/mol. The van der Waals surface area contributed by atoms with Crippen LogP contribution in [0.5, 0.6) is 5.75 Å². The molecule has 1 aromatic carbocycles. The Morgan fingerprint density at radius 3 is 2.71 bits per heavy atom. The molecule has 4 nitrogen and oxygen atoms in total. The smallest absolute Gasteiger partial charge is 0.282 e. The van der Waals surface area contributed by atoms with Gasteiger partial charge in [0.1, 0.15) is 11.4 Å². The van der Waals surface area contributed by atoms with Crippen LogP contribution in [0.15, 0.2) is 24.3 Å². The van der Waals surface area contributed by atoms with Gasteiger partial charge in [-0.3, -0.25) is 5.84 Å². The lowest BCUT2D eigenvalue weighted by Crippen LogP contribution is -2.10. The number of pyridine rings is 1. The third kappa shape index (κ3) is 2.12. The van der Waals surface area contributed by atoms with E-state index in [2.05, 4.69) is 10.4 Å². The van der Waals surface area contributed by atoms with Crippen molar-refractivity contribution < 1.29 is 13.5 Å². The normalized spacial score (nSPS) is 10.9. The molecule has 0 aliphatic rings. The number of methoxy groups -OCH3 is 1. The molecule has 90 valence electrons. The summed E-state index contributed by atoms with van der Waals surface area (Å²) in [6.45, 7) is 0. The zero-order chi connectivity index (χ0) is 12.4. The maximum absolute atomic E-state index is 12.7. The van der Waals surface area contributed by atoms with Gasteiger partial charge in [0.15, 0.2) is 0 Å². The van der Waals surface area contributed by atoms with E-state index in [9.17, 15) is 8.78 Å². The highest BCUT2D eigenvalue weighted by Gasteiger charge is 2.15. The summed E-state index contributed by atoms with van der Waals surface area (Å²) in [6.07, 6.45) is -2.67. The molecule has 2 rings (SSSR count). The number of nitrogens with two attached hydrogens (primary N) is 1. The van der Waals surface area contributed by atoms with E-state index in [0.29, 0.717) is 16.7 Å². The van der Waals surface area contributed by atoms with Crippen molar-refractivity contribution in [2.75, 3.05) is 12.5 Å². The Hall–Kier alpha value is -1.95. The van der Waals surface area contributed by atoms with Crippen molar-refractivity contribution in [1.29, 1.82) is 0 Å². The lowest BCUT2D eigenvalue weighted by atomic mass is 10.1. The first-order valence-corrected chi connectivity index (χ1v) is 4.89. The second-order valence-corrected chi connectivity index (χ2v) is 3.42. The zero-order valence-electron chi connectivity index (χ0n) is 9.08. The number of ether oxygens (including phenoxy) is 1. The number of nitrogens with one attached hydrogen (secondary N) is 1. The number of aromatic nitrogens is 1. The minimum Gasteiger partial charge on any atom is -0.497 e. The molecule has 0 saturated carbocycles. The van der Waals surface area contributed by atoms with Crippen molar-refractivity contribution in [3.63, 3.8) is 0 Å². The number of nitrogen functional groups attached to an aromatic ring is 1. The summed E-state index contributed by atoms with van der Waals surface area (Å²) >= 11 is 0. The van der Waals surface area contributed by atoms with Crippen molar-refractivity contribution in [2.45, 2.75) is 6.43 Å². The zero-order valence-corrected chi connectivity index (χ0v) is 9.08. The molecule has 0 bridgehead atoms. The molecule has 6 heteroatoms. The Morgan fingerprint density at radius 1 is 1.35 bits per heavy atom. The number of halogens is 2. The molecule has 0 aliphatic carbocycles. The van der Waals surface area contributed by atoms with E-state index >= 15 is 0 Å². The Balaban J connectivity index is 2.65. The molecule has 0 fully saturated rings. The van der Waals surface area contributed by atoms with Crippen LogP contribution in [-0.4, -0.2) is 12.1 Å². The van der Waals surface area contributed by atoms with Crippen LogP contribution in [0.1, 0.15) is 12.1 Å². The Morgan fingerprint density at radius 2 is 2.12 bits per heavy atom. The topological polar surface area (TPSA) is 60.2 Å². The van der Waals surface area contributed by atoms with Gasteiger partial charge in [0.25, 0.3) is 6.43 Å². The largest absolute Gasteiger partial charge is 0.497 e. The second kappa shape index (κ2) is 4.50. The van der Waals surface area contributed by atoms with E-state index in [1.807, 2.05) is 0 Å². The van der Waals surface area contributed by atoms with Crippen molar-refractivity contribution in [2.24, 2.45) is 5.84 Å². The van der Waals surface area contributed by atoms with Gasteiger partial charge in [0.05, 0.1) is 18.3 Å². The Bertz CT molecular complexity index is 545. The monoisotopic (exact) mass is 239 g/mol. The molecule has 2 aromatic rings. The van der Waals surface area contributed by atoms with Crippen LogP contribution in [0, 0.1) is 0 Å². The number of rotatable bonds is 3. The Labute approximate surface area is 96.4 Å². The maximum Gasteiger partial charge on any atom is 0.282 e. The summed E-state index contributed by atoms with van der Waals surface area (Å²) in [5.41, 5.74) is 2.45. The van der Waals surface area contributed by atoms with Gasteiger partial charge in [0.2, 0.25) is 0 Å². The van der Waals surface area contributed by atoms with E-state index in [1.165, 1.54) is 13.2 Å². The molecule has 17 heavy (non-hydrogen) atoms. The molecule has 0 spiro atoms. The number of fused-ring (bicyclic) bond motifs is 1. The fourth-order valence-corrected chi connectivity index (χ4v) is 1.58. The summed E-state index contributed by atoms with van der Waals surface area (Å²) in [5.74, 6) is 5.83. The number of alkyl halides is 2. The molecule has 3 N–H and O–H groups in total. The summed E-state index contributed by atoms with van der Waals surface area (Å²) in [4.78, 5) is 3.87. The van der Waals surface area contributed by atoms with Gasteiger partial charge in [-0.05, 0) is 24.3 Å². The predicted octanol–water partition coefficient (Wildman–Crippen LogP) is 2.47.